The molecular formula is C17H26N2O2S. The second-order valence-corrected chi connectivity index (χ2v) is 7.00. The molecule has 0 atom stereocenters. The van der Waals surface area contributed by atoms with Gasteiger partial charge in [0, 0.05) is 17.3 Å². The minimum absolute atomic E-state index is 0.0232. The lowest BCUT2D eigenvalue weighted by atomic mass is 9.95. The molecule has 1 aromatic rings. The number of carbonyl (C=O) groups is 2. The summed E-state index contributed by atoms with van der Waals surface area (Å²) < 4.78 is 0. The first kappa shape index (κ1) is 17.0. The first-order valence-electron chi connectivity index (χ1n) is 8.32. The molecule has 1 fully saturated rings. The summed E-state index contributed by atoms with van der Waals surface area (Å²) in [7, 11) is 0. The molecular weight excluding hydrogens is 296 g/mol. The third-order valence-corrected chi connectivity index (χ3v) is 5.01. The summed E-state index contributed by atoms with van der Waals surface area (Å²) in [5.41, 5.74) is 0. The number of aryl methyl sites for hydroxylation is 1. The monoisotopic (exact) mass is 322 g/mol. The van der Waals surface area contributed by atoms with E-state index in [1.165, 1.54) is 24.1 Å². The molecule has 1 aliphatic rings. The molecule has 2 rings (SSSR count). The first-order valence-corrected chi connectivity index (χ1v) is 9.20. The molecule has 1 aromatic heterocycles. The van der Waals surface area contributed by atoms with Crippen LogP contribution in [0, 0.1) is 0 Å². The van der Waals surface area contributed by atoms with Gasteiger partial charge in [0.05, 0.1) is 6.54 Å². The van der Waals surface area contributed by atoms with Gasteiger partial charge in [0.15, 0.2) is 0 Å². The van der Waals surface area contributed by atoms with E-state index >= 15 is 0 Å². The Labute approximate surface area is 136 Å². The minimum atomic E-state index is -0.0566. The Morgan fingerprint density at radius 1 is 1.14 bits per heavy atom. The highest BCUT2D eigenvalue weighted by atomic mass is 32.1. The normalized spacial score (nSPS) is 15.5. The smallest absolute Gasteiger partial charge is 0.239 e. The van der Waals surface area contributed by atoms with Gasteiger partial charge in [0.25, 0.3) is 0 Å². The summed E-state index contributed by atoms with van der Waals surface area (Å²) in [6.07, 6.45) is 9.23. The fourth-order valence-corrected chi connectivity index (χ4v) is 3.58. The summed E-state index contributed by atoms with van der Waals surface area (Å²) in [6.45, 7) is 0.111. The predicted octanol–water partition coefficient (Wildman–Crippen LogP) is 3.03. The van der Waals surface area contributed by atoms with Crippen molar-refractivity contribution in [1.29, 1.82) is 0 Å². The lowest BCUT2D eigenvalue weighted by Gasteiger charge is -2.22. The summed E-state index contributed by atoms with van der Waals surface area (Å²) in [6, 6.07) is 4.49. The maximum absolute atomic E-state index is 11.8. The third-order valence-electron chi connectivity index (χ3n) is 4.07. The van der Waals surface area contributed by atoms with Crippen molar-refractivity contribution in [2.24, 2.45) is 0 Å². The third kappa shape index (κ3) is 6.60. The standard InChI is InChI=1S/C17H26N2O2S/c20-16(11-5-4-9-15-10-6-12-22-15)18-13-17(21)19-14-7-2-1-3-8-14/h6,10,12,14H,1-5,7-9,11,13H2,(H,18,20)(H,19,21). The van der Waals surface area contributed by atoms with E-state index in [1.54, 1.807) is 11.3 Å². The van der Waals surface area contributed by atoms with Gasteiger partial charge in [-0.2, -0.15) is 0 Å². The summed E-state index contributed by atoms with van der Waals surface area (Å²) in [5, 5.41) is 7.80. The van der Waals surface area contributed by atoms with E-state index in [1.807, 2.05) is 0 Å². The van der Waals surface area contributed by atoms with Crippen LogP contribution >= 0.6 is 11.3 Å². The maximum Gasteiger partial charge on any atom is 0.239 e. The van der Waals surface area contributed by atoms with Gasteiger partial charge in [-0.05, 0) is 43.6 Å². The SMILES string of the molecule is O=C(CCCCc1cccs1)NCC(=O)NC1CCCCC1. The Morgan fingerprint density at radius 3 is 2.68 bits per heavy atom. The Morgan fingerprint density at radius 2 is 1.95 bits per heavy atom. The number of amides is 2. The molecule has 22 heavy (non-hydrogen) atoms. The van der Waals surface area contributed by atoms with E-state index in [9.17, 15) is 9.59 Å². The van der Waals surface area contributed by atoms with Crippen molar-refractivity contribution in [2.75, 3.05) is 6.54 Å². The van der Waals surface area contributed by atoms with E-state index < -0.39 is 0 Å². The van der Waals surface area contributed by atoms with Crippen LogP contribution in [0.15, 0.2) is 17.5 Å². The van der Waals surface area contributed by atoms with Gasteiger partial charge in [0.1, 0.15) is 0 Å². The van der Waals surface area contributed by atoms with Gasteiger partial charge in [-0.3, -0.25) is 9.59 Å². The molecule has 0 bridgehead atoms. The van der Waals surface area contributed by atoms with Gasteiger partial charge in [-0.15, -0.1) is 11.3 Å². The molecule has 0 spiro atoms. The van der Waals surface area contributed by atoms with Gasteiger partial charge >= 0.3 is 0 Å². The van der Waals surface area contributed by atoms with Crippen molar-refractivity contribution in [3.05, 3.63) is 22.4 Å². The van der Waals surface area contributed by atoms with E-state index in [2.05, 4.69) is 28.1 Å². The van der Waals surface area contributed by atoms with Crippen molar-refractivity contribution >= 4 is 23.2 Å². The lowest BCUT2D eigenvalue weighted by molar-refractivity contribution is -0.126. The second-order valence-electron chi connectivity index (χ2n) is 5.97. The van der Waals surface area contributed by atoms with Crippen LogP contribution in [-0.2, 0) is 16.0 Å². The fraction of sp³-hybridized carbons (Fsp3) is 0.647. The molecule has 5 heteroatoms. The summed E-state index contributed by atoms with van der Waals surface area (Å²) in [4.78, 5) is 24.9. The van der Waals surface area contributed by atoms with Gasteiger partial charge < -0.3 is 10.6 Å². The number of hydrogen-bond acceptors (Lipinski definition) is 3. The Kier molecular flexibility index (Phi) is 7.43. The first-order chi connectivity index (χ1) is 10.7. The Balaban J connectivity index is 1.50. The Hall–Kier alpha value is -1.36. The number of thiophene rings is 1. The molecule has 0 saturated heterocycles. The summed E-state index contributed by atoms with van der Waals surface area (Å²) >= 11 is 1.76. The largest absolute Gasteiger partial charge is 0.352 e. The summed E-state index contributed by atoms with van der Waals surface area (Å²) in [5.74, 6) is -0.0798. The topological polar surface area (TPSA) is 58.2 Å². The lowest BCUT2D eigenvalue weighted by Crippen LogP contribution is -2.42. The fourth-order valence-electron chi connectivity index (χ4n) is 2.83. The number of nitrogens with one attached hydrogen (secondary N) is 2. The van der Waals surface area contributed by atoms with Gasteiger partial charge in [-0.25, -0.2) is 0 Å². The van der Waals surface area contributed by atoms with Crippen molar-refractivity contribution in [3.63, 3.8) is 0 Å². The molecule has 0 aromatic carbocycles. The van der Waals surface area contributed by atoms with Gasteiger partial charge in [-0.1, -0.05) is 25.3 Å². The van der Waals surface area contributed by atoms with E-state index in [-0.39, 0.29) is 18.4 Å². The zero-order chi connectivity index (χ0) is 15.6. The van der Waals surface area contributed by atoms with Crippen molar-refractivity contribution in [1.82, 2.24) is 10.6 Å². The Bertz CT molecular complexity index is 453. The van der Waals surface area contributed by atoms with Crippen LogP contribution in [0.2, 0.25) is 0 Å². The van der Waals surface area contributed by atoms with Crippen molar-refractivity contribution in [3.8, 4) is 0 Å². The molecule has 0 unspecified atom stereocenters. The van der Waals surface area contributed by atoms with Crippen molar-refractivity contribution < 1.29 is 9.59 Å². The van der Waals surface area contributed by atoms with Crippen LogP contribution in [0.4, 0.5) is 0 Å². The molecule has 0 radical (unpaired) electrons. The second kappa shape index (κ2) is 9.62. The van der Waals surface area contributed by atoms with Crippen LogP contribution < -0.4 is 10.6 Å². The average Bonchev–Trinajstić information content (AvgIpc) is 3.04. The molecule has 1 heterocycles. The van der Waals surface area contributed by atoms with E-state index in [0.29, 0.717) is 12.5 Å². The van der Waals surface area contributed by atoms with Crippen LogP contribution in [-0.4, -0.2) is 24.4 Å². The van der Waals surface area contributed by atoms with Crippen molar-refractivity contribution in [2.45, 2.75) is 63.8 Å². The maximum atomic E-state index is 11.8. The quantitative estimate of drug-likeness (QED) is 0.723. The molecule has 2 N–H and O–H groups in total. The van der Waals surface area contributed by atoms with Crippen LogP contribution in [0.25, 0.3) is 0 Å². The molecule has 122 valence electrons. The number of rotatable bonds is 8. The van der Waals surface area contributed by atoms with Crippen LogP contribution in [0.5, 0.6) is 0 Å². The predicted molar refractivity (Wildman–Crippen MR) is 89.9 cm³/mol. The minimum Gasteiger partial charge on any atom is -0.352 e. The molecule has 1 saturated carbocycles. The number of hydrogen-bond donors (Lipinski definition) is 2. The highest BCUT2D eigenvalue weighted by Crippen LogP contribution is 2.17. The highest BCUT2D eigenvalue weighted by molar-refractivity contribution is 7.09. The van der Waals surface area contributed by atoms with E-state index in [0.717, 1.165) is 32.1 Å². The number of unbranched alkanes of at least 4 members (excludes halogenated alkanes) is 1. The molecule has 4 nitrogen and oxygen atoms in total. The zero-order valence-corrected chi connectivity index (χ0v) is 13.9. The van der Waals surface area contributed by atoms with Crippen LogP contribution in [0.3, 0.4) is 0 Å². The molecule has 2 amide bonds. The van der Waals surface area contributed by atoms with Crippen LogP contribution in [0.1, 0.15) is 56.2 Å². The number of carbonyl (C=O) groups excluding carboxylic acids is 2. The average molecular weight is 322 g/mol. The highest BCUT2D eigenvalue weighted by Gasteiger charge is 2.15. The van der Waals surface area contributed by atoms with E-state index in [4.69, 9.17) is 0 Å². The van der Waals surface area contributed by atoms with Gasteiger partial charge in [0.2, 0.25) is 11.8 Å². The zero-order valence-electron chi connectivity index (χ0n) is 13.1. The molecule has 1 aliphatic carbocycles. The molecule has 0 aliphatic heterocycles.